The lowest BCUT2D eigenvalue weighted by atomic mass is 10.0. The fourth-order valence-electron chi connectivity index (χ4n) is 4.06. The van der Waals surface area contributed by atoms with Crippen LogP contribution < -0.4 is 4.74 Å². The highest BCUT2D eigenvalue weighted by molar-refractivity contribution is 7.39. The zero-order valence-electron chi connectivity index (χ0n) is 17.5. The number of carbonyl (C=O) groups excluding carboxylic acids is 1. The Balaban J connectivity index is 1.72. The number of benzene rings is 1. The number of hydrogen-bond donors (Lipinski definition) is 0. The van der Waals surface area contributed by atoms with E-state index in [4.69, 9.17) is 9.47 Å². The zero-order valence-corrected chi connectivity index (χ0v) is 18.3. The van der Waals surface area contributed by atoms with Gasteiger partial charge in [0.1, 0.15) is 5.75 Å². The van der Waals surface area contributed by atoms with Crippen molar-refractivity contribution in [2.75, 3.05) is 6.61 Å². The topological polar surface area (TPSA) is 35.5 Å². The van der Waals surface area contributed by atoms with E-state index in [1.807, 2.05) is 13.8 Å². The number of hydrogen-bond acceptors (Lipinski definition) is 3. The summed E-state index contributed by atoms with van der Waals surface area (Å²) >= 11 is 0. The van der Waals surface area contributed by atoms with Gasteiger partial charge in [-0.05, 0) is 69.7 Å². The van der Waals surface area contributed by atoms with Crippen LogP contribution in [-0.2, 0) is 9.53 Å². The molecule has 3 rings (SSSR count). The lowest BCUT2D eigenvalue weighted by molar-refractivity contribution is -0.156. The summed E-state index contributed by atoms with van der Waals surface area (Å²) < 4.78 is 11.6. The van der Waals surface area contributed by atoms with Gasteiger partial charge in [0.15, 0.2) is 26.9 Å². The maximum Gasteiger partial charge on any atom is 0.345 e. The fourth-order valence-corrected chi connectivity index (χ4v) is 6.31. The molecule has 0 saturated heterocycles. The van der Waals surface area contributed by atoms with Crippen molar-refractivity contribution in [3.63, 3.8) is 0 Å². The molecular formula is C24H29O3S+. The van der Waals surface area contributed by atoms with Gasteiger partial charge in [-0.15, -0.1) is 5.92 Å². The smallest absolute Gasteiger partial charge is 0.345 e. The highest BCUT2D eigenvalue weighted by atomic mass is 32.2. The van der Waals surface area contributed by atoms with Crippen molar-refractivity contribution in [3.05, 3.63) is 45.1 Å². The lowest BCUT2D eigenvalue weighted by Crippen LogP contribution is -2.32. The van der Waals surface area contributed by atoms with Gasteiger partial charge in [-0.1, -0.05) is 5.92 Å². The molecule has 0 amide bonds. The van der Waals surface area contributed by atoms with Crippen LogP contribution in [0.5, 0.6) is 5.75 Å². The van der Waals surface area contributed by atoms with Gasteiger partial charge in [-0.2, -0.15) is 0 Å². The molecular weight excluding hydrogens is 368 g/mol. The average Bonchev–Trinajstić information content (AvgIpc) is 3.21. The summed E-state index contributed by atoms with van der Waals surface area (Å²) in [7, 11) is 0.0267. The van der Waals surface area contributed by atoms with Crippen LogP contribution in [0.4, 0.5) is 0 Å². The fraction of sp³-hybridized carbons (Fsp3) is 0.458. The van der Waals surface area contributed by atoms with Crippen LogP contribution in [0.25, 0.3) is 4.90 Å². The number of ether oxygens (including phenoxy) is 2. The van der Waals surface area contributed by atoms with Crippen molar-refractivity contribution in [3.8, 4) is 22.5 Å². The van der Waals surface area contributed by atoms with Crippen molar-refractivity contribution in [2.45, 2.75) is 65.9 Å². The van der Waals surface area contributed by atoms with Gasteiger partial charge in [-0.3, -0.25) is 0 Å². The Morgan fingerprint density at radius 3 is 2.18 bits per heavy atom. The predicted octanol–water partition coefficient (Wildman–Crippen LogP) is 5.92. The van der Waals surface area contributed by atoms with E-state index in [0.29, 0.717) is 0 Å². The maximum atomic E-state index is 12.4. The highest BCUT2D eigenvalue weighted by Crippen LogP contribution is 2.41. The molecule has 28 heavy (non-hydrogen) atoms. The molecule has 4 heteroatoms. The summed E-state index contributed by atoms with van der Waals surface area (Å²) in [5.74, 6) is 6.44. The quantitative estimate of drug-likeness (QED) is 0.357. The highest BCUT2D eigenvalue weighted by Gasteiger charge is 2.36. The van der Waals surface area contributed by atoms with Crippen molar-refractivity contribution < 1.29 is 14.3 Å². The van der Waals surface area contributed by atoms with Crippen LogP contribution in [0.15, 0.2) is 24.3 Å². The van der Waals surface area contributed by atoms with E-state index in [-0.39, 0.29) is 23.0 Å². The Morgan fingerprint density at radius 2 is 1.64 bits per heavy atom. The van der Waals surface area contributed by atoms with Gasteiger partial charge in [0.2, 0.25) is 0 Å². The Bertz CT molecular complexity index is 894. The number of esters is 1. The second-order valence-corrected chi connectivity index (χ2v) is 9.96. The van der Waals surface area contributed by atoms with Crippen LogP contribution in [0.3, 0.4) is 0 Å². The molecule has 1 saturated carbocycles. The molecule has 0 bridgehead atoms. The molecule has 1 aliphatic rings. The van der Waals surface area contributed by atoms with E-state index < -0.39 is 5.60 Å². The largest absolute Gasteiger partial charge is 0.481 e. The molecule has 2 aromatic rings. The molecule has 1 aromatic carbocycles. The summed E-state index contributed by atoms with van der Waals surface area (Å²) in [6.07, 6.45) is 3.72. The van der Waals surface area contributed by atoms with Gasteiger partial charge >= 0.3 is 5.97 Å². The summed E-state index contributed by atoms with van der Waals surface area (Å²) in [4.78, 5) is 16.5. The third-order valence-corrected chi connectivity index (χ3v) is 7.54. The molecule has 1 aliphatic carbocycles. The van der Waals surface area contributed by atoms with Crippen molar-refractivity contribution >= 4 is 16.4 Å². The minimum absolute atomic E-state index is 0.0267. The number of aryl methyl sites for hydroxylation is 4. The van der Waals surface area contributed by atoms with E-state index in [0.717, 1.165) is 42.6 Å². The second-order valence-electron chi connectivity index (χ2n) is 7.59. The van der Waals surface area contributed by atoms with Crippen molar-refractivity contribution in [1.29, 1.82) is 0 Å². The van der Waals surface area contributed by atoms with Crippen LogP contribution in [0.2, 0.25) is 0 Å². The summed E-state index contributed by atoms with van der Waals surface area (Å²) in [5.41, 5.74) is 1.49. The number of carbonyl (C=O) groups is 1. The molecule has 0 radical (unpaired) electrons. The first-order chi connectivity index (χ1) is 13.3. The minimum atomic E-state index is -0.611. The third-order valence-electron chi connectivity index (χ3n) is 5.27. The van der Waals surface area contributed by atoms with Gasteiger partial charge in [-0.25, -0.2) is 4.79 Å². The Kier molecular flexibility index (Phi) is 6.15. The molecule has 0 atom stereocenters. The van der Waals surface area contributed by atoms with Crippen molar-refractivity contribution in [2.24, 2.45) is 0 Å². The van der Waals surface area contributed by atoms with E-state index in [9.17, 15) is 4.79 Å². The lowest BCUT2D eigenvalue weighted by Gasteiger charge is -2.23. The zero-order chi connectivity index (χ0) is 20.3. The first-order valence-corrected chi connectivity index (χ1v) is 11.1. The van der Waals surface area contributed by atoms with Crippen molar-refractivity contribution in [1.82, 2.24) is 0 Å². The van der Waals surface area contributed by atoms with Crippen LogP contribution >= 0.6 is 10.5 Å². The standard InChI is InChI=1S/C24H29O3S/c1-6-11-24(12-7-8-13-24)27-22(25)16-26-23-17(2)14-21(15-18(23)3)28-19(4)9-10-20(28)5/h9-10,14-15H,7-8,12-13,16H2,1-5H3/q+1. The van der Waals surface area contributed by atoms with E-state index in [1.165, 1.54) is 14.6 Å². The van der Waals surface area contributed by atoms with Crippen LogP contribution in [-0.4, -0.2) is 18.2 Å². The van der Waals surface area contributed by atoms with E-state index in [1.54, 1.807) is 6.92 Å². The minimum Gasteiger partial charge on any atom is -0.481 e. The monoisotopic (exact) mass is 397 g/mol. The predicted molar refractivity (Wildman–Crippen MR) is 115 cm³/mol. The molecule has 0 aliphatic heterocycles. The first kappa shape index (κ1) is 20.5. The normalized spacial score (nSPS) is 15.0. The Morgan fingerprint density at radius 1 is 1.07 bits per heavy atom. The van der Waals surface area contributed by atoms with Crippen LogP contribution in [0.1, 0.15) is 53.5 Å². The summed E-state index contributed by atoms with van der Waals surface area (Å²) in [6, 6.07) is 8.75. The van der Waals surface area contributed by atoms with E-state index >= 15 is 0 Å². The molecule has 1 heterocycles. The van der Waals surface area contributed by atoms with Gasteiger partial charge in [0.25, 0.3) is 0 Å². The maximum absolute atomic E-state index is 12.4. The second kappa shape index (κ2) is 8.41. The summed E-state index contributed by atoms with van der Waals surface area (Å²) in [6.45, 7) is 10.1. The third kappa shape index (κ3) is 4.25. The Labute approximate surface area is 171 Å². The molecule has 3 nitrogen and oxygen atoms in total. The average molecular weight is 398 g/mol. The molecule has 0 spiro atoms. The van der Waals surface area contributed by atoms with E-state index in [2.05, 4.69) is 50.0 Å². The van der Waals surface area contributed by atoms with Crippen LogP contribution in [0, 0.1) is 39.5 Å². The molecule has 1 aromatic heterocycles. The van der Waals surface area contributed by atoms with Gasteiger partial charge in [0, 0.05) is 36.5 Å². The summed E-state index contributed by atoms with van der Waals surface area (Å²) in [5, 5.41) is 0. The SMILES string of the molecule is CC#CC1(OC(=O)COc2c(C)cc(-[s+]3c(C)ccc3C)cc2C)CCCC1. The molecule has 0 N–H and O–H groups in total. The molecule has 148 valence electrons. The number of rotatable bonds is 5. The van der Waals surface area contributed by atoms with Gasteiger partial charge in [0.05, 0.1) is 0 Å². The molecule has 0 unspecified atom stereocenters. The Hall–Kier alpha value is -2.25. The van der Waals surface area contributed by atoms with Gasteiger partial charge < -0.3 is 9.47 Å². The first-order valence-electron chi connectivity index (χ1n) is 9.84. The number of thiophene rings is 1. The molecule has 1 fully saturated rings.